The van der Waals surface area contributed by atoms with E-state index in [-0.39, 0.29) is 17.0 Å². The summed E-state index contributed by atoms with van der Waals surface area (Å²) >= 11 is 0. The average Bonchev–Trinajstić information content (AvgIpc) is 2.84. The van der Waals surface area contributed by atoms with E-state index in [1.54, 1.807) is 24.3 Å². The largest absolute Gasteiger partial charge is 0.490 e. The smallest absolute Gasteiger partial charge is 0.252 e. The van der Waals surface area contributed by atoms with Gasteiger partial charge in [-0.15, -0.1) is 0 Å². The van der Waals surface area contributed by atoms with Gasteiger partial charge in [0.2, 0.25) is 10.0 Å². The average molecular weight is 498 g/mol. The Balaban J connectivity index is 1.58. The number of ether oxygens (including phenoxy) is 1. The van der Waals surface area contributed by atoms with Crippen molar-refractivity contribution in [2.24, 2.45) is 0 Å². The molecule has 2 heterocycles. The highest BCUT2D eigenvalue weighted by molar-refractivity contribution is 7.89. The molecule has 3 aromatic rings. The second-order valence-corrected chi connectivity index (χ2v) is 11.4. The molecule has 9 heteroatoms. The first-order chi connectivity index (χ1) is 16.8. The summed E-state index contributed by atoms with van der Waals surface area (Å²) in [7, 11) is -2.10. The van der Waals surface area contributed by atoms with Crippen molar-refractivity contribution in [2.75, 3.05) is 25.1 Å². The van der Waals surface area contributed by atoms with E-state index in [9.17, 15) is 18.3 Å². The maximum absolute atomic E-state index is 14.0. The minimum atomic E-state index is -4.04. The van der Waals surface area contributed by atoms with Crippen LogP contribution in [0.3, 0.4) is 0 Å². The number of nitrogens with zero attached hydrogens (tertiary/aromatic N) is 2. The van der Waals surface area contributed by atoms with Gasteiger partial charge in [-0.25, -0.2) is 8.42 Å². The van der Waals surface area contributed by atoms with E-state index in [1.165, 1.54) is 4.31 Å². The quantitative estimate of drug-likeness (QED) is 0.561. The first-order valence-corrected chi connectivity index (χ1v) is 13.5. The molecule has 2 atom stereocenters. The third kappa shape index (κ3) is 4.44. The molecule has 1 aliphatic carbocycles. The number of nitrogens with one attached hydrogen (secondary N) is 1. The summed E-state index contributed by atoms with van der Waals surface area (Å²) in [6, 6.07) is 11.7. The van der Waals surface area contributed by atoms with Crippen molar-refractivity contribution in [1.29, 1.82) is 0 Å². The van der Waals surface area contributed by atoms with Gasteiger partial charge in [0.15, 0.2) is 0 Å². The third-order valence-electron chi connectivity index (χ3n) is 7.19. The van der Waals surface area contributed by atoms with Crippen molar-refractivity contribution in [3.8, 4) is 5.75 Å². The third-order valence-corrected chi connectivity index (χ3v) is 9.06. The molecular formula is C26H31N3O5S. The van der Waals surface area contributed by atoms with E-state index < -0.39 is 22.2 Å². The topological polar surface area (TPSA) is 103 Å². The predicted octanol–water partition coefficient (Wildman–Crippen LogP) is 3.16. The number of aromatic nitrogens is 1. The summed E-state index contributed by atoms with van der Waals surface area (Å²) in [5, 5.41) is 11.6. The van der Waals surface area contributed by atoms with Crippen LogP contribution in [0, 0.1) is 6.92 Å². The maximum Gasteiger partial charge on any atom is 0.252 e. The number of aryl methyl sites for hydroxylation is 1. The van der Waals surface area contributed by atoms with Crippen LogP contribution < -0.4 is 15.2 Å². The monoisotopic (exact) mass is 497 g/mol. The second kappa shape index (κ2) is 9.29. The molecule has 1 aromatic heterocycles. The van der Waals surface area contributed by atoms with Crippen LogP contribution >= 0.6 is 0 Å². The molecule has 8 nitrogen and oxygen atoms in total. The summed E-state index contributed by atoms with van der Waals surface area (Å²) in [5.41, 5.74) is 2.54. The fraction of sp³-hybridized carbons (Fsp3) is 0.423. The molecule has 2 N–H and O–H groups in total. The Hall–Kier alpha value is -2.88. The highest BCUT2D eigenvalue weighted by Gasteiger charge is 2.38. The van der Waals surface area contributed by atoms with E-state index in [2.05, 4.69) is 4.98 Å². The number of benzene rings is 2. The Bertz CT molecular complexity index is 1420. The molecule has 5 rings (SSSR count). The fourth-order valence-corrected chi connectivity index (χ4v) is 6.83. The lowest BCUT2D eigenvalue weighted by Crippen LogP contribution is -2.48. The molecule has 0 amide bonds. The van der Waals surface area contributed by atoms with Crippen molar-refractivity contribution in [2.45, 2.75) is 56.2 Å². The lowest BCUT2D eigenvalue weighted by molar-refractivity contribution is 0.0532. The molecular weight excluding hydrogens is 466 g/mol. The second-order valence-electron chi connectivity index (χ2n) is 9.53. The lowest BCUT2D eigenvalue weighted by Gasteiger charge is -2.37. The number of pyridine rings is 1. The van der Waals surface area contributed by atoms with Crippen LogP contribution in [-0.4, -0.2) is 55.2 Å². The van der Waals surface area contributed by atoms with Gasteiger partial charge in [-0.05, 0) is 48.9 Å². The van der Waals surface area contributed by atoms with Gasteiger partial charge in [0.25, 0.3) is 5.56 Å². The van der Waals surface area contributed by atoms with Gasteiger partial charge >= 0.3 is 0 Å². The van der Waals surface area contributed by atoms with Gasteiger partial charge in [-0.3, -0.25) is 4.79 Å². The van der Waals surface area contributed by atoms with E-state index in [4.69, 9.17) is 4.74 Å². The summed E-state index contributed by atoms with van der Waals surface area (Å²) in [6.07, 6.45) is 1.94. The van der Waals surface area contributed by atoms with Gasteiger partial charge in [0.1, 0.15) is 12.4 Å². The molecule has 0 saturated heterocycles. The molecule has 1 saturated carbocycles. The van der Waals surface area contributed by atoms with Crippen molar-refractivity contribution < 1.29 is 18.3 Å². The summed E-state index contributed by atoms with van der Waals surface area (Å²) < 4.78 is 35.1. The summed E-state index contributed by atoms with van der Waals surface area (Å²) in [6.45, 7) is 3.00. The number of aliphatic hydroxyl groups is 1. The van der Waals surface area contributed by atoms with Crippen molar-refractivity contribution in [3.63, 3.8) is 0 Å². The molecule has 35 heavy (non-hydrogen) atoms. The zero-order valence-electron chi connectivity index (χ0n) is 20.0. The summed E-state index contributed by atoms with van der Waals surface area (Å²) in [4.78, 5) is 18.0. The minimum Gasteiger partial charge on any atom is -0.490 e. The van der Waals surface area contributed by atoms with E-state index >= 15 is 0 Å². The molecule has 0 radical (unpaired) electrons. The lowest BCUT2D eigenvalue weighted by atomic mass is 9.92. The zero-order valence-corrected chi connectivity index (χ0v) is 20.8. The van der Waals surface area contributed by atoms with Crippen molar-refractivity contribution in [3.05, 3.63) is 63.9 Å². The molecule has 186 valence electrons. The van der Waals surface area contributed by atoms with Crippen molar-refractivity contribution >= 4 is 26.6 Å². The minimum absolute atomic E-state index is 0.0948. The van der Waals surface area contributed by atoms with Crippen LogP contribution in [0.25, 0.3) is 10.9 Å². The number of para-hydroxylation sites is 1. The Morgan fingerprint density at radius 2 is 1.97 bits per heavy atom. The number of likely N-dealkylation sites (N-methyl/N-ethyl adjacent to an activating group) is 1. The number of aliphatic hydroxyl groups excluding tert-OH is 1. The highest BCUT2D eigenvalue weighted by atomic mass is 32.2. The molecule has 1 fully saturated rings. The van der Waals surface area contributed by atoms with Crippen LogP contribution in [0.4, 0.5) is 5.69 Å². The molecule has 0 bridgehead atoms. The molecule has 0 spiro atoms. The Labute approximate surface area is 205 Å². The SMILES string of the molecule is Cc1cccc2cc(CN(C3CCCCC3O)S(=O)(=O)c3ccc4c(c3)OCCN4C)c(=O)[nH]c12. The van der Waals surface area contributed by atoms with Gasteiger partial charge in [0, 0.05) is 25.2 Å². The number of aromatic amines is 1. The normalized spacial score (nSPS) is 20.6. The van der Waals surface area contributed by atoms with E-state index in [0.29, 0.717) is 30.8 Å². The van der Waals surface area contributed by atoms with Gasteiger partial charge in [-0.1, -0.05) is 31.0 Å². The number of sulfonamides is 1. The van der Waals surface area contributed by atoms with Gasteiger partial charge in [0.05, 0.1) is 34.8 Å². The van der Waals surface area contributed by atoms with Crippen LogP contribution in [0.2, 0.25) is 0 Å². The Kier molecular flexibility index (Phi) is 6.33. The van der Waals surface area contributed by atoms with Gasteiger partial charge in [-0.2, -0.15) is 4.31 Å². The van der Waals surface area contributed by atoms with Crippen LogP contribution in [0.1, 0.15) is 36.8 Å². The summed E-state index contributed by atoms with van der Waals surface area (Å²) in [5.74, 6) is 0.517. The van der Waals surface area contributed by atoms with Crippen molar-refractivity contribution in [1.82, 2.24) is 9.29 Å². The standard InChI is InChI=1S/C26H31N3O5S/c1-17-6-5-7-18-14-19(26(31)27-25(17)18)16-29(21-8-3-4-9-23(21)30)35(32,33)20-10-11-22-24(15-20)34-13-12-28(22)2/h5-7,10-11,14-15,21,23,30H,3-4,8-9,12-13,16H2,1-2H3,(H,27,31). The maximum atomic E-state index is 14.0. The zero-order chi connectivity index (χ0) is 24.7. The number of hydrogen-bond donors (Lipinski definition) is 2. The first-order valence-electron chi connectivity index (χ1n) is 12.0. The molecule has 1 aliphatic heterocycles. The number of fused-ring (bicyclic) bond motifs is 2. The highest BCUT2D eigenvalue weighted by Crippen LogP contribution is 2.36. The molecule has 2 aliphatic rings. The number of rotatable bonds is 5. The Morgan fingerprint density at radius 3 is 2.77 bits per heavy atom. The Morgan fingerprint density at radius 1 is 1.17 bits per heavy atom. The molecule has 2 unspecified atom stereocenters. The number of hydrogen-bond acceptors (Lipinski definition) is 6. The predicted molar refractivity (Wildman–Crippen MR) is 136 cm³/mol. The van der Waals surface area contributed by atoms with Gasteiger partial charge < -0.3 is 19.7 Å². The van der Waals surface area contributed by atoms with E-state index in [0.717, 1.165) is 41.5 Å². The number of anilines is 1. The number of H-pyrrole nitrogens is 1. The fourth-order valence-electron chi connectivity index (χ4n) is 5.16. The van der Waals surface area contributed by atoms with E-state index in [1.807, 2.05) is 37.1 Å². The van der Waals surface area contributed by atoms with Crippen LogP contribution in [0.15, 0.2) is 52.2 Å². The first kappa shape index (κ1) is 23.8. The van der Waals surface area contributed by atoms with Crippen LogP contribution in [0.5, 0.6) is 5.75 Å². The van der Waals surface area contributed by atoms with Crippen LogP contribution in [-0.2, 0) is 16.6 Å². The molecule has 2 aromatic carbocycles.